The van der Waals surface area contributed by atoms with Crippen LogP contribution in [0.3, 0.4) is 0 Å². The number of hydrogen-bond acceptors (Lipinski definition) is 5. The summed E-state index contributed by atoms with van der Waals surface area (Å²) in [6.45, 7) is 1.45. The predicted molar refractivity (Wildman–Crippen MR) is 92.1 cm³/mol. The van der Waals surface area contributed by atoms with Crippen molar-refractivity contribution in [1.82, 2.24) is 0 Å². The lowest BCUT2D eigenvalue weighted by Gasteiger charge is -2.10. The first kappa shape index (κ1) is 17.2. The van der Waals surface area contributed by atoms with Gasteiger partial charge in [-0.3, -0.25) is 0 Å². The van der Waals surface area contributed by atoms with Crippen molar-refractivity contribution in [1.29, 1.82) is 0 Å². The summed E-state index contributed by atoms with van der Waals surface area (Å²) in [6.07, 6.45) is 0. The molecule has 0 saturated heterocycles. The van der Waals surface area contributed by atoms with Crippen molar-refractivity contribution in [3.8, 4) is 5.75 Å². The normalized spacial score (nSPS) is 10.8. The quantitative estimate of drug-likeness (QED) is 0.524. The monoisotopic (exact) mass is 406 g/mol. The number of phenols is 1. The molecule has 1 N–H and O–H groups in total. The van der Waals surface area contributed by atoms with E-state index in [9.17, 15) is 19.1 Å². The van der Waals surface area contributed by atoms with Gasteiger partial charge in [0.05, 0.1) is 5.56 Å². The molecule has 7 heteroatoms. The van der Waals surface area contributed by atoms with Gasteiger partial charge >= 0.3 is 11.6 Å². The van der Waals surface area contributed by atoms with E-state index in [4.69, 9.17) is 9.15 Å². The minimum absolute atomic E-state index is 0.0000347. The number of aryl methyl sites for hydroxylation is 1. The summed E-state index contributed by atoms with van der Waals surface area (Å²) in [7, 11) is 0. The first-order chi connectivity index (χ1) is 11.9. The third-order valence-corrected chi connectivity index (χ3v) is 4.38. The standard InChI is InChI=1S/C18H12BrFO5/c1-9-15(21)5-4-12-10(6-16(22)25-17(9)12)8-24-18(23)13-3-2-11(20)7-14(13)19/h2-7,21H,8H2,1H3. The Morgan fingerprint density at radius 2 is 2.04 bits per heavy atom. The van der Waals surface area contributed by atoms with Gasteiger partial charge in [0.25, 0.3) is 0 Å². The van der Waals surface area contributed by atoms with E-state index in [0.29, 0.717) is 16.5 Å². The van der Waals surface area contributed by atoms with Crippen LogP contribution in [0.4, 0.5) is 4.39 Å². The molecular weight excluding hydrogens is 395 g/mol. The van der Waals surface area contributed by atoms with Crippen LogP contribution in [0.25, 0.3) is 11.0 Å². The van der Waals surface area contributed by atoms with Crippen LogP contribution in [0.1, 0.15) is 21.5 Å². The molecule has 0 atom stereocenters. The largest absolute Gasteiger partial charge is 0.508 e. The lowest BCUT2D eigenvalue weighted by molar-refractivity contribution is 0.0472. The average Bonchev–Trinajstić information content (AvgIpc) is 2.56. The maximum atomic E-state index is 13.1. The van der Waals surface area contributed by atoms with E-state index in [0.717, 1.165) is 12.1 Å². The molecule has 3 rings (SSSR count). The Bertz CT molecular complexity index is 1040. The molecule has 0 fully saturated rings. The van der Waals surface area contributed by atoms with E-state index in [1.165, 1.54) is 18.2 Å². The van der Waals surface area contributed by atoms with Gasteiger partial charge in [0.15, 0.2) is 0 Å². The Morgan fingerprint density at radius 1 is 1.28 bits per heavy atom. The summed E-state index contributed by atoms with van der Waals surface area (Å²) in [5.74, 6) is -1.14. The zero-order valence-electron chi connectivity index (χ0n) is 13.0. The van der Waals surface area contributed by atoms with Gasteiger partial charge in [-0.15, -0.1) is 0 Å². The third kappa shape index (κ3) is 3.41. The molecule has 0 unspecified atom stereocenters. The van der Waals surface area contributed by atoms with Gasteiger partial charge in [-0.05, 0) is 53.2 Å². The number of esters is 1. The molecule has 0 aliphatic heterocycles. The van der Waals surface area contributed by atoms with Gasteiger partial charge in [0.2, 0.25) is 0 Å². The molecule has 1 heterocycles. The fourth-order valence-corrected chi connectivity index (χ4v) is 2.92. The fourth-order valence-electron chi connectivity index (χ4n) is 2.41. The second kappa shape index (κ2) is 6.68. The highest BCUT2D eigenvalue weighted by molar-refractivity contribution is 9.10. The third-order valence-electron chi connectivity index (χ3n) is 3.73. The van der Waals surface area contributed by atoms with Crippen LogP contribution in [-0.2, 0) is 11.3 Å². The number of ether oxygens (including phenoxy) is 1. The van der Waals surface area contributed by atoms with Gasteiger partial charge in [-0.2, -0.15) is 0 Å². The maximum absolute atomic E-state index is 13.1. The lowest BCUT2D eigenvalue weighted by atomic mass is 10.1. The van der Waals surface area contributed by atoms with Crippen molar-refractivity contribution < 1.29 is 23.4 Å². The Balaban J connectivity index is 1.92. The highest BCUT2D eigenvalue weighted by atomic mass is 79.9. The van der Waals surface area contributed by atoms with E-state index in [1.54, 1.807) is 13.0 Å². The molecule has 0 aliphatic rings. The van der Waals surface area contributed by atoms with E-state index >= 15 is 0 Å². The van der Waals surface area contributed by atoms with Crippen molar-refractivity contribution in [2.24, 2.45) is 0 Å². The number of carbonyl (C=O) groups is 1. The maximum Gasteiger partial charge on any atom is 0.339 e. The molecule has 0 radical (unpaired) electrons. The number of phenolic OH excluding ortho intramolecular Hbond substituents is 1. The highest BCUT2D eigenvalue weighted by Gasteiger charge is 2.15. The van der Waals surface area contributed by atoms with Crippen molar-refractivity contribution in [3.63, 3.8) is 0 Å². The van der Waals surface area contributed by atoms with Crippen molar-refractivity contribution in [2.45, 2.75) is 13.5 Å². The summed E-state index contributed by atoms with van der Waals surface area (Å²) in [6, 6.07) is 7.90. The van der Waals surface area contributed by atoms with Gasteiger partial charge in [-0.1, -0.05) is 0 Å². The Hall–Kier alpha value is -2.67. The Morgan fingerprint density at radius 3 is 2.76 bits per heavy atom. The summed E-state index contributed by atoms with van der Waals surface area (Å²) < 4.78 is 23.7. The number of halogens is 2. The number of aromatic hydroxyl groups is 1. The number of carbonyl (C=O) groups excluding carboxylic acids is 1. The van der Waals surface area contributed by atoms with Crippen LogP contribution < -0.4 is 5.63 Å². The number of rotatable bonds is 3. The average molecular weight is 407 g/mol. The molecule has 1 aromatic heterocycles. The lowest BCUT2D eigenvalue weighted by Crippen LogP contribution is -2.09. The topological polar surface area (TPSA) is 76.7 Å². The fraction of sp³-hybridized carbons (Fsp3) is 0.111. The van der Waals surface area contributed by atoms with Crippen LogP contribution in [0, 0.1) is 12.7 Å². The molecule has 3 aromatic rings. The van der Waals surface area contributed by atoms with Crippen LogP contribution in [0.15, 0.2) is 50.1 Å². The SMILES string of the molecule is Cc1c(O)ccc2c(COC(=O)c3ccc(F)cc3Br)cc(=O)oc12. The summed E-state index contributed by atoms with van der Waals surface area (Å²) >= 11 is 3.11. The Kier molecular flexibility index (Phi) is 4.59. The van der Waals surface area contributed by atoms with Gasteiger partial charge in [0, 0.05) is 27.1 Å². The van der Waals surface area contributed by atoms with Crippen LogP contribution >= 0.6 is 15.9 Å². The van der Waals surface area contributed by atoms with Gasteiger partial charge in [0.1, 0.15) is 23.8 Å². The number of benzene rings is 2. The molecular formula is C18H12BrFO5. The summed E-state index contributed by atoms with van der Waals surface area (Å²) in [5, 5.41) is 10.3. The minimum atomic E-state index is -0.663. The predicted octanol–water partition coefficient (Wildman–Crippen LogP) is 4.07. The molecule has 128 valence electrons. The number of fused-ring (bicyclic) bond motifs is 1. The molecule has 25 heavy (non-hydrogen) atoms. The van der Waals surface area contributed by atoms with E-state index < -0.39 is 17.4 Å². The second-order valence-electron chi connectivity index (χ2n) is 5.38. The first-order valence-electron chi connectivity index (χ1n) is 7.24. The molecule has 2 aromatic carbocycles. The molecule has 0 amide bonds. The van der Waals surface area contributed by atoms with E-state index in [1.807, 2.05) is 0 Å². The second-order valence-corrected chi connectivity index (χ2v) is 6.23. The summed E-state index contributed by atoms with van der Waals surface area (Å²) in [4.78, 5) is 23.9. The molecule has 0 saturated carbocycles. The van der Waals surface area contributed by atoms with E-state index in [2.05, 4.69) is 15.9 Å². The Labute approximate surface area is 149 Å². The molecule has 0 aliphatic carbocycles. The van der Waals surface area contributed by atoms with Crippen molar-refractivity contribution in [3.05, 3.63) is 73.8 Å². The smallest absolute Gasteiger partial charge is 0.339 e. The van der Waals surface area contributed by atoms with Crippen LogP contribution in [0.5, 0.6) is 5.75 Å². The number of hydrogen-bond donors (Lipinski definition) is 1. The first-order valence-corrected chi connectivity index (χ1v) is 8.03. The van der Waals surface area contributed by atoms with Crippen LogP contribution in [0.2, 0.25) is 0 Å². The molecule has 5 nitrogen and oxygen atoms in total. The highest BCUT2D eigenvalue weighted by Crippen LogP contribution is 2.28. The minimum Gasteiger partial charge on any atom is -0.508 e. The zero-order chi connectivity index (χ0) is 18.1. The zero-order valence-corrected chi connectivity index (χ0v) is 14.6. The van der Waals surface area contributed by atoms with E-state index in [-0.39, 0.29) is 28.0 Å². The molecule has 0 spiro atoms. The van der Waals surface area contributed by atoms with Crippen molar-refractivity contribution >= 4 is 32.9 Å². The molecule has 0 bridgehead atoms. The van der Waals surface area contributed by atoms with Crippen LogP contribution in [-0.4, -0.2) is 11.1 Å². The van der Waals surface area contributed by atoms with Crippen molar-refractivity contribution in [2.75, 3.05) is 0 Å². The van der Waals surface area contributed by atoms with Gasteiger partial charge in [-0.25, -0.2) is 14.0 Å². The summed E-state index contributed by atoms with van der Waals surface area (Å²) in [5.41, 5.74) is 0.657. The van der Waals surface area contributed by atoms with Gasteiger partial charge < -0.3 is 14.3 Å².